The largest absolute Gasteiger partial charge is 0.455 e. The first-order chi connectivity index (χ1) is 11.6. The van der Waals surface area contributed by atoms with E-state index in [4.69, 9.17) is 19.5 Å². The van der Waals surface area contributed by atoms with Crippen LogP contribution in [0.1, 0.15) is 23.1 Å². The maximum absolute atomic E-state index is 13.6. The lowest BCUT2D eigenvalue weighted by Gasteiger charge is -2.24. The Bertz CT molecular complexity index is 899. The van der Waals surface area contributed by atoms with Gasteiger partial charge in [-0.25, -0.2) is 9.37 Å². The zero-order chi connectivity index (χ0) is 16.7. The first-order valence-electron chi connectivity index (χ1n) is 7.18. The van der Waals surface area contributed by atoms with Gasteiger partial charge in [-0.05, 0) is 34.5 Å². The molecule has 0 amide bonds. The van der Waals surface area contributed by atoms with Crippen LogP contribution in [0, 0.1) is 17.1 Å². The third kappa shape index (κ3) is 2.31. The Balaban J connectivity index is 1.75. The molecule has 2 aliphatic rings. The van der Waals surface area contributed by atoms with Crippen LogP contribution in [0.4, 0.5) is 4.39 Å². The van der Waals surface area contributed by atoms with Crippen molar-refractivity contribution in [3.8, 4) is 17.6 Å². The standard InChI is InChI=1S/C17H10BrFN2O3/c18-16-15-13(1-2-17(15)22-3-4-23-17)14(9-21-16)24-12-6-10(8-20)5-11(19)7-12/h3-7,9H,1-2H2. The number of hydrogen-bond donors (Lipinski definition) is 0. The normalized spacial score (nSPS) is 16.4. The zero-order valence-corrected chi connectivity index (χ0v) is 13.8. The molecule has 7 heteroatoms. The molecule has 0 unspecified atom stereocenters. The number of benzene rings is 1. The van der Waals surface area contributed by atoms with Crippen LogP contribution in [0.25, 0.3) is 0 Å². The van der Waals surface area contributed by atoms with E-state index in [-0.39, 0.29) is 11.3 Å². The molecule has 5 nitrogen and oxygen atoms in total. The van der Waals surface area contributed by atoms with Crippen LogP contribution in [0.15, 0.2) is 41.5 Å². The Morgan fingerprint density at radius 1 is 1.29 bits per heavy atom. The van der Waals surface area contributed by atoms with Crippen LogP contribution in [0.3, 0.4) is 0 Å². The van der Waals surface area contributed by atoms with Gasteiger partial charge in [0.15, 0.2) is 0 Å². The third-order valence-electron chi connectivity index (χ3n) is 3.99. The van der Waals surface area contributed by atoms with Crippen molar-refractivity contribution in [2.45, 2.75) is 18.6 Å². The van der Waals surface area contributed by atoms with Crippen LogP contribution in [0.5, 0.6) is 11.5 Å². The van der Waals surface area contributed by atoms with Crippen molar-refractivity contribution in [2.24, 2.45) is 0 Å². The molecule has 1 aliphatic heterocycles. The Labute approximate surface area is 145 Å². The second-order valence-corrected chi connectivity index (χ2v) is 6.17. The highest BCUT2D eigenvalue weighted by atomic mass is 79.9. The summed E-state index contributed by atoms with van der Waals surface area (Å²) in [6.45, 7) is 0. The molecule has 120 valence electrons. The minimum absolute atomic E-state index is 0.190. The van der Waals surface area contributed by atoms with Gasteiger partial charge in [0, 0.05) is 18.1 Å². The van der Waals surface area contributed by atoms with Gasteiger partial charge < -0.3 is 14.2 Å². The maximum Gasteiger partial charge on any atom is 0.280 e. The van der Waals surface area contributed by atoms with E-state index in [1.807, 2.05) is 6.07 Å². The van der Waals surface area contributed by atoms with E-state index in [0.29, 0.717) is 23.2 Å². The molecule has 1 spiro atoms. The molecule has 2 aromatic rings. The summed E-state index contributed by atoms with van der Waals surface area (Å²) in [5.41, 5.74) is 1.83. The van der Waals surface area contributed by atoms with Crippen LogP contribution in [0.2, 0.25) is 0 Å². The van der Waals surface area contributed by atoms with Gasteiger partial charge in [0.1, 0.15) is 34.4 Å². The second kappa shape index (κ2) is 5.49. The number of pyridine rings is 1. The van der Waals surface area contributed by atoms with Crippen molar-refractivity contribution in [1.29, 1.82) is 5.26 Å². The minimum Gasteiger partial charge on any atom is -0.455 e. The summed E-state index contributed by atoms with van der Waals surface area (Å²) >= 11 is 3.43. The summed E-state index contributed by atoms with van der Waals surface area (Å²) in [5.74, 6) is -0.696. The zero-order valence-electron chi connectivity index (χ0n) is 12.3. The van der Waals surface area contributed by atoms with Crippen LogP contribution in [-0.4, -0.2) is 4.98 Å². The minimum atomic E-state index is -0.889. The number of hydrogen-bond acceptors (Lipinski definition) is 5. The predicted octanol–water partition coefficient (Wildman–Crippen LogP) is 4.26. The highest BCUT2D eigenvalue weighted by molar-refractivity contribution is 9.10. The predicted molar refractivity (Wildman–Crippen MR) is 84.4 cm³/mol. The van der Waals surface area contributed by atoms with Crippen LogP contribution >= 0.6 is 15.9 Å². The molecule has 0 saturated heterocycles. The molecule has 0 fully saturated rings. The van der Waals surface area contributed by atoms with E-state index in [2.05, 4.69) is 20.9 Å². The molecule has 1 aliphatic carbocycles. The van der Waals surface area contributed by atoms with Crippen LogP contribution < -0.4 is 4.74 Å². The number of halogens is 2. The molecule has 1 aromatic carbocycles. The Hall–Kier alpha value is -2.59. The summed E-state index contributed by atoms with van der Waals surface area (Å²) in [6, 6.07) is 5.76. The van der Waals surface area contributed by atoms with Gasteiger partial charge in [0.05, 0.1) is 23.4 Å². The highest BCUT2D eigenvalue weighted by Gasteiger charge is 2.47. The Morgan fingerprint density at radius 3 is 2.83 bits per heavy atom. The van der Waals surface area contributed by atoms with Crippen molar-refractivity contribution >= 4 is 15.9 Å². The molecule has 2 heterocycles. The van der Waals surface area contributed by atoms with E-state index in [1.54, 1.807) is 6.20 Å². The molecule has 1 aromatic heterocycles. The van der Waals surface area contributed by atoms with Gasteiger partial charge >= 0.3 is 0 Å². The van der Waals surface area contributed by atoms with Crippen molar-refractivity contribution in [3.05, 3.63) is 64.0 Å². The maximum atomic E-state index is 13.6. The van der Waals surface area contributed by atoms with Gasteiger partial charge in [-0.1, -0.05) is 0 Å². The van der Waals surface area contributed by atoms with E-state index >= 15 is 0 Å². The van der Waals surface area contributed by atoms with Crippen LogP contribution in [-0.2, 0) is 21.7 Å². The molecule has 24 heavy (non-hydrogen) atoms. The Kier molecular flexibility index (Phi) is 3.43. The molecule has 0 radical (unpaired) electrons. The van der Waals surface area contributed by atoms with Gasteiger partial charge in [-0.3, -0.25) is 0 Å². The fraction of sp³-hybridized carbons (Fsp3) is 0.176. The smallest absolute Gasteiger partial charge is 0.280 e. The average Bonchev–Trinajstić information content (AvgIpc) is 3.19. The fourth-order valence-electron chi connectivity index (χ4n) is 3.00. The highest BCUT2D eigenvalue weighted by Crippen LogP contribution is 2.49. The van der Waals surface area contributed by atoms with E-state index in [1.165, 1.54) is 24.7 Å². The van der Waals surface area contributed by atoms with Gasteiger partial charge in [0.25, 0.3) is 5.79 Å². The molecule has 4 rings (SSSR count). The van der Waals surface area contributed by atoms with E-state index in [9.17, 15) is 4.39 Å². The summed E-state index contributed by atoms with van der Waals surface area (Å²) in [4.78, 5) is 4.28. The molecule has 0 N–H and O–H groups in total. The summed E-state index contributed by atoms with van der Waals surface area (Å²) in [6.07, 6.45) is 5.83. The molecular weight excluding hydrogens is 379 g/mol. The van der Waals surface area contributed by atoms with Crippen molar-refractivity contribution in [3.63, 3.8) is 0 Å². The number of nitriles is 1. The molecule has 0 bridgehead atoms. The quantitative estimate of drug-likeness (QED) is 0.718. The third-order valence-corrected chi connectivity index (χ3v) is 4.59. The van der Waals surface area contributed by atoms with Crippen molar-refractivity contribution < 1.29 is 18.6 Å². The molecule has 0 saturated carbocycles. The first kappa shape index (κ1) is 15.0. The lowest BCUT2D eigenvalue weighted by atomic mass is 10.1. The first-order valence-corrected chi connectivity index (χ1v) is 7.98. The van der Waals surface area contributed by atoms with Gasteiger partial charge in [0.2, 0.25) is 0 Å². The number of ether oxygens (including phenoxy) is 3. The Morgan fingerprint density at radius 2 is 2.08 bits per heavy atom. The summed E-state index contributed by atoms with van der Waals surface area (Å²) in [7, 11) is 0. The number of aromatic nitrogens is 1. The summed E-state index contributed by atoms with van der Waals surface area (Å²) < 4.78 is 31.3. The lowest BCUT2D eigenvalue weighted by Crippen LogP contribution is -2.24. The van der Waals surface area contributed by atoms with Gasteiger partial charge in [-0.15, -0.1) is 0 Å². The second-order valence-electron chi connectivity index (χ2n) is 5.42. The fourth-order valence-corrected chi connectivity index (χ4v) is 3.64. The monoisotopic (exact) mass is 388 g/mol. The lowest BCUT2D eigenvalue weighted by molar-refractivity contribution is -0.147. The van der Waals surface area contributed by atoms with Gasteiger partial charge in [-0.2, -0.15) is 5.26 Å². The average molecular weight is 389 g/mol. The number of fused-ring (bicyclic) bond motifs is 2. The van der Waals surface area contributed by atoms with Crippen molar-refractivity contribution in [2.75, 3.05) is 0 Å². The topological polar surface area (TPSA) is 64.4 Å². The summed E-state index contributed by atoms with van der Waals surface area (Å²) in [5, 5.41) is 8.95. The molecular formula is C17H10BrFN2O3. The number of nitrogens with zero attached hydrogens (tertiary/aromatic N) is 2. The van der Waals surface area contributed by atoms with Crippen molar-refractivity contribution in [1.82, 2.24) is 4.98 Å². The van der Waals surface area contributed by atoms with E-state index in [0.717, 1.165) is 17.2 Å². The number of rotatable bonds is 2. The van der Waals surface area contributed by atoms with E-state index < -0.39 is 11.6 Å². The SMILES string of the molecule is N#Cc1cc(F)cc(Oc2cnc(Br)c3c2CCC32OC=CO2)c1. The molecule has 0 atom stereocenters.